The molecule has 2 aromatic heterocycles. The van der Waals surface area contributed by atoms with Crippen molar-refractivity contribution < 1.29 is 19.8 Å². The normalized spacial score (nSPS) is 11.4. The summed E-state index contributed by atoms with van der Waals surface area (Å²) in [4.78, 5) is 38.5. The van der Waals surface area contributed by atoms with Gasteiger partial charge in [0.05, 0.1) is 5.69 Å². The van der Waals surface area contributed by atoms with Crippen LogP contribution >= 0.6 is 0 Å². The number of benzene rings is 2. The molecule has 0 unspecified atom stereocenters. The van der Waals surface area contributed by atoms with E-state index in [1.165, 1.54) is 24.5 Å². The molecule has 0 bridgehead atoms. The zero-order valence-electron chi connectivity index (χ0n) is 15.4. The van der Waals surface area contributed by atoms with Gasteiger partial charge in [0.1, 0.15) is 29.3 Å². The second-order valence-corrected chi connectivity index (χ2v) is 6.26. The molecule has 4 aromatic rings. The summed E-state index contributed by atoms with van der Waals surface area (Å²) in [6.45, 7) is 0. The second kappa shape index (κ2) is 7.84. The van der Waals surface area contributed by atoms with E-state index in [0.717, 1.165) is 0 Å². The molecule has 30 heavy (non-hydrogen) atoms. The Hall–Kier alpha value is -4.53. The van der Waals surface area contributed by atoms with Gasteiger partial charge in [-0.05, 0) is 24.3 Å². The number of aldehydes is 2. The maximum atomic E-state index is 11.3. The predicted molar refractivity (Wildman–Crippen MR) is 109 cm³/mol. The third-order valence-corrected chi connectivity index (χ3v) is 4.44. The molecule has 9 nitrogen and oxygen atoms in total. The summed E-state index contributed by atoms with van der Waals surface area (Å²) in [7, 11) is 0. The maximum Gasteiger partial charge on any atom is 0.163 e. The molecule has 4 N–H and O–H groups in total. The number of carbonyl (C=O) groups is 2. The lowest BCUT2D eigenvalue weighted by atomic mass is 10.1. The molecule has 4 rings (SSSR count). The Morgan fingerprint density at radius 1 is 0.900 bits per heavy atom. The van der Waals surface area contributed by atoms with E-state index in [4.69, 9.17) is 0 Å². The van der Waals surface area contributed by atoms with Gasteiger partial charge in [0.2, 0.25) is 0 Å². The molecule has 0 aliphatic heterocycles. The molecule has 0 saturated carbocycles. The Morgan fingerprint density at radius 3 is 2.37 bits per heavy atom. The smallest absolute Gasteiger partial charge is 0.163 e. The van der Waals surface area contributed by atoms with Crippen LogP contribution in [-0.2, 0) is 0 Å². The number of aromatic nitrogens is 3. The van der Waals surface area contributed by atoms with Crippen LogP contribution in [0.25, 0.3) is 10.8 Å². The fourth-order valence-electron chi connectivity index (χ4n) is 3.00. The van der Waals surface area contributed by atoms with Crippen molar-refractivity contribution in [1.82, 2.24) is 15.0 Å². The number of aromatic hydroxyl groups is 2. The van der Waals surface area contributed by atoms with Gasteiger partial charge in [-0.2, -0.15) is 0 Å². The standard InChI is InChI=1S/C21H15N5O4/c27-9-12-3-1-5-16(29)18(12)25-20-14-7-22-8-15(14)21(24-11-23-20)26-19-13(10-28)4-2-6-17(19)30/h1-11,22,29-30H,(H,23,24,25,26). The number of nitrogens with one attached hydrogen (secondary N) is 2. The first-order valence-electron chi connectivity index (χ1n) is 8.80. The van der Waals surface area contributed by atoms with Crippen molar-refractivity contribution in [2.75, 3.05) is 5.32 Å². The lowest BCUT2D eigenvalue weighted by molar-refractivity contribution is 0.111. The Morgan fingerprint density at radius 2 is 1.60 bits per heavy atom. The van der Waals surface area contributed by atoms with Gasteiger partial charge in [-0.1, -0.05) is 12.1 Å². The van der Waals surface area contributed by atoms with Gasteiger partial charge >= 0.3 is 0 Å². The molecular formula is C21H15N5O4. The zero-order chi connectivity index (χ0) is 21.1. The van der Waals surface area contributed by atoms with Gasteiger partial charge in [0.25, 0.3) is 0 Å². The van der Waals surface area contributed by atoms with Crippen molar-refractivity contribution in [1.29, 1.82) is 0 Å². The van der Waals surface area contributed by atoms with Gasteiger partial charge < -0.3 is 20.5 Å². The first-order chi connectivity index (χ1) is 14.6. The molecule has 0 aliphatic carbocycles. The highest BCUT2D eigenvalue weighted by Crippen LogP contribution is 2.31. The number of aromatic amines is 1. The van der Waals surface area contributed by atoms with Crippen molar-refractivity contribution in [3.05, 3.63) is 71.7 Å². The maximum absolute atomic E-state index is 11.3. The van der Waals surface area contributed by atoms with E-state index in [-0.39, 0.29) is 39.5 Å². The van der Waals surface area contributed by atoms with Crippen LogP contribution in [0, 0.1) is 0 Å². The van der Waals surface area contributed by atoms with E-state index in [0.29, 0.717) is 29.2 Å². The van der Waals surface area contributed by atoms with Crippen LogP contribution in [0.1, 0.15) is 20.7 Å². The molecule has 2 aromatic carbocycles. The van der Waals surface area contributed by atoms with E-state index < -0.39 is 0 Å². The van der Waals surface area contributed by atoms with Crippen LogP contribution in [0.4, 0.5) is 17.2 Å². The van der Waals surface area contributed by atoms with Crippen LogP contribution in [0.2, 0.25) is 0 Å². The number of rotatable bonds is 5. The van der Waals surface area contributed by atoms with Gasteiger partial charge in [0, 0.05) is 34.3 Å². The van der Waals surface area contributed by atoms with Crippen LogP contribution in [0.3, 0.4) is 0 Å². The predicted octanol–water partition coefficient (Wildman–Crippen LogP) is 2.97. The van der Waals surface area contributed by atoms with Crippen LogP contribution < -0.4 is 10.8 Å². The lowest BCUT2D eigenvalue weighted by Crippen LogP contribution is -2.04. The molecule has 0 fully saturated rings. The summed E-state index contributed by atoms with van der Waals surface area (Å²) in [6, 6.07) is 9.07. The molecule has 0 saturated heterocycles. The summed E-state index contributed by atoms with van der Waals surface area (Å²) in [5, 5.41) is 24.4. The average molecular weight is 401 g/mol. The quantitative estimate of drug-likeness (QED) is 0.298. The molecule has 9 heteroatoms. The Kier molecular flexibility index (Phi) is 4.92. The first-order valence-corrected chi connectivity index (χ1v) is 8.80. The third kappa shape index (κ3) is 3.35. The molecular weight excluding hydrogens is 386 g/mol. The minimum Gasteiger partial charge on any atom is -0.506 e. The minimum absolute atomic E-state index is 0.0900. The van der Waals surface area contributed by atoms with Gasteiger partial charge in [-0.15, -0.1) is 0 Å². The van der Waals surface area contributed by atoms with Crippen LogP contribution in [0.15, 0.2) is 60.1 Å². The fraction of sp³-hybridized carbons (Fsp3) is 0. The van der Waals surface area contributed by atoms with Gasteiger partial charge in [-0.25, -0.2) is 15.0 Å². The highest BCUT2D eigenvalue weighted by molar-refractivity contribution is 5.95. The number of hydrogen-bond acceptors (Lipinski definition) is 8. The molecule has 0 atom stereocenters. The number of para-hydroxylation sites is 2. The second-order valence-electron chi connectivity index (χ2n) is 6.26. The molecule has 0 aliphatic rings. The number of anilines is 2. The fourth-order valence-corrected chi connectivity index (χ4v) is 3.00. The number of phenolic OH excluding ortho intramolecular Hbond substituents is 2. The minimum atomic E-state index is -0.160. The lowest BCUT2D eigenvalue weighted by Gasteiger charge is -2.09. The number of fused-ring (bicyclic) bond motifs is 1. The highest BCUT2D eigenvalue weighted by Gasteiger charge is 2.12. The molecule has 148 valence electrons. The number of H-pyrrole nitrogens is 1. The molecule has 0 spiro atoms. The monoisotopic (exact) mass is 401 g/mol. The average Bonchev–Trinajstić information content (AvgIpc) is 3.18. The topological polar surface area (TPSA) is 141 Å². The third-order valence-electron chi connectivity index (χ3n) is 4.44. The largest absolute Gasteiger partial charge is 0.506 e. The van der Waals surface area contributed by atoms with Crippen molar-refractivity contribution >= 4 is 40.5 Å². The van der Waals surface area contributed by atoms with E-state index in [9.17, 15) is 19.8 Å². The number of phenols is 2. The SMILES string of the molecule is O=Cc1cccc(O)c1N=c1ncnc(Nc2c(O)cccc2C=O)c2c[nH]cc12. The van der Waals surface area contributed by atoms with Gasteiger partial charge in [-0.3, -0.25) is 9.59 Å². The number of carbonyl (C=O) groups excluding carboxylic acids is 2. The van der Waals surface area contributed by atoms with Crippen molar-refractivity contribution in [3.63, 3.8) is 0 Å². The summed E-state index contributed by atoms with van der Waals surface area (Å²) in [5.74, 6) is 0.0460. The number of nitrogens with zero attached hydrogens (tertiary/aromatic N) is 3. The van der Waals surface area contributed by atoms with Gasteiger partial charge in [0.15, 0.2) is 18.1 Å². The van der Waals surface area contributed by atoms with Crippen LogP contribution in [0.5, 0.6) is 11.5 Å². The molecule has 0 amide bonds. The summed E-state index contributed by atoms with van der Waals surface area (Å²) < 4.78 is 0. The first kappa shape index (κ1) is 18.8. The number of hydrogen-bond donors (Lipinski definition) is 4. The van der Waals surface area contributed by atoms with Crippen molar-refractivity contribution in [3.8, 4) is 11.5 Å². The summed E-state index contributed by atoms with van der Waals surface area (Å²) in [6.07, 6.45) is 5.76. The van der Waals surface area contributed by atoms with E-state index in [1.807, 2.05) is 0 Å². The summed E-state index contributed by atoms with van der Waals surface area (Å²) in [5.41, 5.74) is 0.977. The van der Waals surface area contributed by atoms with E-state index in [1.54, 1.807) is 30.6 Å². The highest BCUT2D eigenvalue weighted by atomic mass is 16.3. The zero-order valence-corrected chi connectivity index (χ0v) is 15.4. The van der Waals surface area contributed by atoms with E-state index >= 15 is 0 Å². The van der Waals surface area contributed by atoms with Crippen LogP contribution in [-0.4, -0.2) is 37.7 Å². The molecule has 2 heterocycles. The Bertz CT molecular complexity index is 1350. The summed E-state index contributed by atoms with van der Waals surface area (Å²) >= 11 is 0. The van der Waals surface area contributed by atoms with Crippen molar-refractivity contribution in [2.45, 2.75) is 0 Å². The molecule has 0 radical (unpaired) electrons. The van der Waals surface area contributed by atoms with Crippen molar-refractivity contribution in [2.24, 2.45) is 4.99 Å². The Labute approximate surface area is 169 Å². The van der Waals surface area contributed by atoms with E-state index in [2.05, 4.69) is 25.3 Å². The Balaban J connectivity index is 1.92.